The third kappa shape index (κ3) is 4.72. The number of carbonyl (C=O) groups is 1. The Hall–Kier alpha value is -4.23. The van der Waals surface area contributed by atoms with Crippen LogP contribution in [0.25, 0.3) is 33.8 Å². The van der Waals surface area contributed by atoms with E-state index in [1.807, 2.05) is 37.3 Å². The van der Waals surface area contributed by atoms with E-state index in [0.717, 1.165) is 55.5 Å². The number of furan rings is 1. The van der Waals surface area contributed by atoms with E-state index < -0.39 is 5.97 Å². The zero-order chi connectivity index (χ0) is 24.4. The van der Waals surface area contributed by atoms with Crippen LogP contribution in [0.1, 0.15) is 39.0 Å². The summed E-state index contributed by atoms with van der Waals surface area (Å²) in [4.78, 5) is 22.8. The van der Waals surface area contributed by atoms with Crippen molar-refractivity contribution in [2.45, 2.75) is 20.3 Å². The molecule has 2 N–H and O–H groups in total. The predicted octanol–water partition coefficient (Wildman–Crippen LogP) is 7.43. The number of carboxylic acids is 1. The van der Waals surface area contributed by atoms with Gasteiger partial charge < -0.3 is 14.8 Å². The van der Waals surface area contributed by atoms with Crippen molar-refractivity contribution < 1.29 is 14.3 Å². The molecular weight excluding hydrogens is 458 g/mol. The van der Waals surface area contributed by atoms with E-state index in [1.54, 1.807) is 41.9 Å². The average Bonchev–Trinajstić information content (AvgIpc) is 3.50. The third-order valence-corrected chi connectivity index (χ3v) is 6.79. The molecule has 0 amide bonds. The summed E-state index contributed by atoms with van der Waals surface area (Å²) in [6, 6.07) is 18.7. The monoisotopic (exact) mass is 481 g/mol. The predicted molar refractivity (Wildman–Crippen MR) is 141 cm³/mol. The van der Waals surface area contributed by atoms with E-state index in [4.69, 9.17) is 19.5 Å². The molecule has 6 nitrogen and oxygen atoms in total. The van der Waals surface area contributed by atoms with Crippen molar-refractivity contribution in [3.63, 3.8) is 0 Å². The van der Waals surface area contributed by atoms with Crippen molar-refractivity contribution in [1.82, 2.24) is 9.97 Å². The number of para-hydroxylation sites is 1. The molecule has 35 heavy (non-hydrogen) atoms. The van der Waals surface area contributed by atoms with E-state index in [2.05, 4.69) is 30.5 Å². The van der Waals surface area contributed by atoms with Crippen LogP contribution in [0, 0.1) is 6.92 Å². The molecule has 0 aliphatic rings. The summed E-state index contributed by atoms with van der Waals surface area (Å²) >= 11 is 1.62. The number of carboxylic acid groups (broad SMARTS) is 1. The first-order valence-corrected chi connectivity index (χ1v) is 12.1. The summed E-state index contributed by atoms with van der Waals surface area (Å²) in [6.07, 6.45) is 6.68. The number of hydrogen-bond donors (Lipinski definition) is 2. The molecule has 3 heterocycles. The molecule has 0 saturated carbocycles. The van der Waals surface area contributed by atoms with Crippen LogP contribution in [0.3, 0.4) is 0 Å². The van der Waals surface area contributed by atoms with Gasteiger partial charge in [-0.2, -0.15) is 0 Å². The first kappa shape index (κ1) is 22.6. The van der Waals surface area contributed by atoms with Gasteiger partial charge >= 0.3 is 5.97 Å². The number of anilines is 2. The van der Waals surface area contributed by atoms with Crippen molar-refractivity contribution in [3.05, 3.63) is 94.2 Å². The number of aryl methyl sites for hydroxylation is 1. The maximum Gasteiger partial charge on any atom is 0.335 e. The molecule has 0 unspecified atom stereocenters. The minimum Gasteiger partial charge on any atom is -0.478 e. The maximum atomic E-state index is 11.1. The Morgan fingerprint density at radius 1 is 1.06 bits per heavy atom. The highest BCUT2D eigenvalue weighted by atomic mass is 32.1. The summed E-state index contributed by atoms with van der Waals surface area (Å²) in [5, 5.41) is 13.6. The van der Waals surface area contributed by atoms with Gasteiger partial charge in [0.05, 0.1) is 16.7 Å². The van der Waals surface area contributed by atoms with Crippen LogP contribution in [0.2, 0.25) is 0 Å². The molecule has 5 rings (SSSR count). The average molecular weight is 482 g/mol. The van der Waals surface area contributed by atoms with Gasteiger partial charge in [-0.3, -0.25) is 0 Å². The van der Waals surface area contributed by atoms with Crippen LogP contribution in [-0.4, -0.2) is 21.0 Å². The summed E-state index contributed by atoms with van der Waals surface area (Å²) in [5.74, 6) is 0.436. The lowest BCUT2D eigenvalue weighted by Crippen LogP contribution is -2.05. The molecule has 0 atom stereocenters. The largest absolute Gasteiger partial charge is 0.478 e. The zero-order valence-corrected chi connectivity index (χ0v) is 20.1. The Balaban J connectivity index is 1.42. The number of hydrogen-bond acceptors (Lipinski definition) is 6. The number of nitrogens with one attached hydrogen (secondary N) is 1. The lowest BCUT2D eigenvalue weighted by molar-refractivity contribution is 0.0697. The molecule has 0 spiro atoms. The number of aromatic carboxylic acids is 1. The highest BCUT2D eigenvalue weighted by Gasteiger charge is 2.14. The van der Waals surface area contributed by atoms with Crippen molar-refractivity contribution in [2.75, 3.05) is 5.32 Å². The number of nitrogens with zero attached hydrogens (tertiary/aromatic N) is 2. The van der Waals surface area contributed by atoms with Gasteiger partial charge in [0.1, 0.15) is 11.4 Å². The summed E-state index contributed by atoms with van der Waals surface area (Å²) in [5.41, 5.74) is 4.87. The fourth-order valence-corrected chi connectivity index (χ4v) is 4.77. The van der Waals surface area contributed by atoms with E-state index in [1.165, 1.54) is 0 Å². The Morgan fingerprint density at radius 2 is 1.86 bits per heavy atom. The molecular formula is C28H23N3O3S. The smallest absolute Gasteiger partial charge is 0.335 e. The first-order chi connectivity index (χ1) is 17.0. The van der Waals surface area contributed by atoms with E-state index in [9.17, 15) is 4.79 Å². The van der Waals surface area contributed by atoms with Crippen molar-refractivity contribution in [3.8, 4) is 10.7 Å². The molecule has 7 heteroatoms. The van der Waals surface area contributed by atoms with Crippen molar-refractivity contribution in [1.29, 1.82) is 0 Å². The number of thiophene rings is 1. The fourth-order valence-electron chi connectivity index (χ4n) is 3.93. The molecule has 5 aromatic rings. The van der Waals surface area contributed by atoms with Gasteiger partial charge in [0, 0.05) is 32.8 Å². The lowest BCUT2D eigenvalue weighted by atomic mass is 10.1. The zero-order valence-electron chi connectivity index (χ0n) is 19.3. The molecule has 0 aliphatic carbocycles. The quantitative estimate of drug-likeness (QED) is 0.251. The third-order valence-electron chi connectivity index (χ3n) is 5.75. The lowest BCUT2D eigenvalue weighted by Gasteiger charge is -2.13. The fraction of sp³-hybridized carbons (Fsp3) is 0.107. The highest BCUT2D eigenvalue weighted by molar-refractivity contribution is 7.16. The van der Waals surface area contributed by atoms with Crippen LogP contribution in [-0.2, 0) is 6.42 Å². The van der Waals surface area contributed by atoms with Gasteiger partial charge in [-0.1, -0.05) is 25.1 Å². The Morgan fingerprint density at radius 3 is 2.63 bits per heavy atom. The van der Waals surface area contributed by atoms with Gasteiger partial charge in [0.15, 0.2) is 5.82 Å². The number of fused-ring (bicyclic) bond motifs is 1. The Labute approximate surface area is 206 Å². The second-order valence-electron chi connectivity index (χ2n) is 8.04. The summed E-state index contributed by atoms with van der Waals surface area (Å²) in [6.45, 7) is 4.05. The van der Waals surface area contributed by atoms with Crippen molar-refractivity contribution in [2.24, 2.45) is 0 Å². The van der Waals surface area contributed by atoms with Crippen LogP contribution in [0.4, 0.5) is 11.5 Å². The molecule has 0 bridgehead atoms. The Kier molecular flexibility index (Phi) is 6.16. The van der Waals surface area contributed by atoms with Gasteiger partial charge in [-0.05, 0) is 68.0 Å². The maximum absolute atomic E-state index is 11.1. The van der Waals surface area contributed by atoms with E-state index >= 15 is 0 Å². The van der Waals surface area contributed by atoms with Gasteiger partial charge in [0.25, 0.3) is 0 Å². The second kappa shape index (κ2) is 9.56. The molecule has 2 aromatic carbocycles. The highest BCUT2D eigenvalue weighted by Crippen LogP contribution is 2.31. The second-order valence-corrected chi connectivity index (χ2v) is 9.16. The van der Waals surface area contributed by atoms with Crippen LogP contribution in [0.5, 0.6) is 0 Å². The van der Waals surface area contributed by atoms with Gasteiger partial charge in [0.2, 0.25) is 0 Å². The normalized spacial score (nSPS) is 11.4. The molecule has 0 aliphatic heterocycles. The van der Waals surface area contributed by atoms with Crippen LogP contribution >= 0.6 is 11.3 Å². The molecule has 0 fully saturated rings. The minimum absolute atomic E-state index is 0.244. The van der Waals surface area contributed by atoms with E-state index in [0.29, 0.717) is 5.82 Å². The van der Waals surface area contributed by atoms with Crippen LogP contribution < -0.4 is 5.32 Å². The molecule has 174 valence electrons. The number of rotatable bonds is 7. The molecule has 3 aromatic heterocycles. The Bertz CT molecular complexity index is 1550. The first-order valence-electron chi connectivity index (χ1n) is 11.2. The number of aromatic nitrogens is 2. The van der Waals surface area contributed by atoms with Gasteiger partial charge in [-0.25, -0.2) is 14.8 Å². The van der Waals surface area contributed by atoms with Gasteiger partial charge in [-0.15, -0.1) is 11.3 Å². The minimum atomic E-state index is -0.950. The topological polar surface area (TPSA) is 88.3 Å². The van der Waals surface area contributed by atoms with Crippen molar-refractivity contribution >= 4 is 51.9 Å². The summed E-state index contributed by atoms with van der Waals surface area (Å²) < 4.78 is 5.62. The molecule has 0 saturated heterocycles. The SMILES string of the molecule is CCc1c(C)nc(-c2ccc(/C=C/c3coc4ccccc34)s2)nc1Nc1ccc(C(=O)O)cc1. The molecule has 0 radical (unpaired) electrons. The van der Waals surface area contributed by atoms with Crippen LogP contribution in [0.15, 0.2) is 71.3 Å². The number of benzene rings is 2. The summed E-state index contributed by atoms with van der Waals surface area (Å²) in [7, 11) is 0. The standard InChI is InChI=1S/C28H23N3O3S/c1-3-22-17(2)29-27(31-26(22)30-20-11-8-18(9-12-20)28(32)33)25-15-14-21(35-25)13-10-19-16-34-24-7-5-4-6-23(19)24/h4-16H,3H2,1-2H3,(H,32,33)(H,29,30,31)/b13-10+. The van der Waals surface area contributed by atoms with E-state index in [-0.39, 0.29) is 5.56 Å².